The zero-order valence-corrected chi connectivity index (χ0v) is 16.3. The molecule has 0 aliphatic rings. The Morgan fingerprint density at radius 3 is 2.62 bits per heavy atom. The highest BCUT2D eigenvalue weighted by molar-refractivity contribution is 7.99. The lowest BCUT2D eigenvalue weighted by Crippen LogP contribution is -2.14. The largest absolute Gasteiger partial charge is 0.493 e. The molecule has 0 aliphatic carbocycles. The van der Waals surface area contributed by atoms with Gasteiger partial charge in [-0.15, -0.1) is 11.8 Å². The highest BCUT2D eigenvalue weighted by atomic mass is 32.2. The average Bonchev–Trinajstić information content (AvgIpc) is 2.66. The Hall–Kier alpha value is -2.18. The smallest absolute Gasteiger partial charge is 0.225 e. The van der Waals surface area contributed by atoms with E-state index in [1.807, 2.05) is 42.5 Å². The van der Waals surface area contributed by atoms with Gasteiger partial charge in [-0.2, -0.15) is 0 Å². The zero-order valence-electron chi connectivity index (χ0n) is 15.5. The van der Waals surface area contributed by atoms with Crippen molar-refractivity contribution in [2.75, 3.05) is 31.8 Å². The second-order valence-corrected chi connectivity index (χ2v) is 6.81. The molecule has 0 radical (unpaired) electrons. The molecule has 0 saturated heterocycles. The molecular weight excluding hydrogens is 348 g/mol. The number of carbonyl (C=O) groups is 1. The van der Waals surface area contributed by atoms with Crippen LogP contribution in [0.2, 0.25) is 0 Å². The summed E-state index contributed by atoms with van der Waals surface area (Å²) in [5, 5.41) is 6.24. The summed E-state index contributed by atoms with van der Waals surface area (Å²) in [6.07, 6.45) is 0.441. The highest BCUT2D eigenvalue weighted by Crippen LogP contribution is 2.32. The molecule has 0 bridgehead atoms. The number of nitrogens with one attached hydrogen (secondary N) is 2. The van der Waals surface area contributed by atoms with Gasteiger partial charge in [0.15, 0.2) is 11.5 Å². The van der Waals surface area contributed by atoms with Crippen LogP contribution in [-0.2, 0) is 11.3 Å². The highest BCUT2D eigenvalue weighted by Gasteiger charge is 2.07. The predicted octanol–water partition coefficient (Wildman–Crippen LogP) is 3.93. The fraction of sp³-hybridized carbons (Fsp3) is 0.350. The third-order valence-corrected chi connectivity index (χ3v) is 4.74. The fourth-order valence-corrected chi connectivity index (χ4v) is 3.30. The van der Waals surface area contributed by atoms with Gasteiger partial charge in [0.1, 0.15) is 0 Å². The standard InChI is InChI=1S/C20H26N2O3S/c1-4-21-14-15-6-5-7-16(12-15)22-20(23)10-11-26-17-8-9-18(24-2)19(13-17)25-3/h5-9,12-13,21H,4,10-11,14H2,1-3H3,(H,22,23). The summed E-state index contributed by atoms with van der Waals surface area (Å²) in [5.74, 6) is 2.10. The third-order valence-electron chi connectivity index (χ3n) is 3.74. The number of hydrogen-bond acceptors (Lipinski definition) is 5. The van der Waals surface area contributed by atoms with Crippen molar-refractivity contribution < 1.29 is 14.3 Å². The van der Waals surface area contributed by atoms with Crippen molar-refractivity contribution in [2.45, 2.75) is 24.8 Å². The van der Waals surface area contributed by atoms with Crippen LogP contribution in [0.25, 0.3) is 0 Å². The molecule has 1 amide bonds. The minimum absolute atomic E-state index is 0.0126. The van der Waals surface area contributed by atoms with Gasteiger partial charge in [0.05, 0.1) is 14.2 Å². The minimum Gasteiger partial charge on any atom is -0.493 e. The zero-order chi connectivity index (χ0) is 18.8. The minimum atomic E-state index is 0.0126. The van der Waals surface area contributed by atoms with Crippen molar-refractivity contribution in [2.24, 2.45) is 0 Å². The van der Waals surface area contributed by atoms with Gasteiger partial charge < -0.3 is 20.1 Å². The maximum absolute atomic E-state index is 12.2. The first-order valence-electron chi connectivity index (χ1n) is 8.60. The summed E-state index contributed by atoms with van der Waals surface area (Å²) in [7, 11) is 3.23. The number of thioether (sulfide) groups is 1. The Morgan fingerprint density at radius 1 is 1.08 bits per heavy atom. The topological polar surface area (TPSA) is 59.6 Å². The van der Waals surface area contributed by atoms with E-state index in [1.54, 1.807) is 26.0 Å². The molecule has 140 valence electrons. The van der Waals surface area contributed by atoms with Crippen molar-refractivity contribution in [1.29, 1.82) is 0 Å². The fourth-order valence-electron chi connectivity index (χ4n) is 2.42. The Kier molecular flexibility index (Phi) is 8.31. The second kappa shape index (κ2) is 10.7. The maximum Gasteiger partial charge on any atom is 0.225 e. The molecule has 26 heavy (non-hydrogen) atoms. The first-order chi connectivity index (χ1) is 12.7. The van der Waals surface area contributed by atoms with Gasteiger partial charge in [0.25, 0.3) is 0 Å². The average molecular weight is 375 g/mol. The molecule has 2 aromatic rings. The molecule has 5 nitrogen and oxygen atoms in total. The van der Waals surface area contributed by atoms with Gasteiger partial charge in [-0.05, 0) is 42.4 Å². The van der Waals surface area contributed by atoms with Crippen molar-refractivity contribution in [3.05, 3.63) is 48.0 Å². The van der Waals surface area contributed by atoms with E-state index in [0.29, 0.717) is 23.7 Å². The number of benzene rings is 2. The lowest BCUT2D eigenvalue weighted by molar-refractivity contribution is -0.115. The van der Waals surface area contributed by atoms with Crippen LogP contribution < -0.4 is 20.1 Å². The molecule has 0 aliphatic heterocycles. The van der Waals surface area contributed by atoms with E-state index in [2.05, 4.69) is 17.6 Å². The van der Waals surface area contributed by atoms with E-state index in [-0.39, 0.29) is 5.91 Å². The Balaban J connectivity index is 1.82. The van der Waals surface area contributed by atoms with Crippen LogP contribution in [0.15, 0.2) is 47.4 Å². The number of anilines is 1. The van der Waals surface area contributed by atoms with Crippen LogP contribution >= 0.6 is 11.8 Å². The molecule has 0 spiro atoms. The van der Waals surface area contributed by atoms with Crippen LogP contribution in [0, 0.1) is 0 Å². The van der Waals surface area contributed by atoms with Gasteiger partial charge >= 0.3 is 0 Å². The number of ether oxygens (including phenoxy) is 2. The third kappa shape index (κ3) is 6.28. The number of rotatable bonds is 10. The summed E-state index contributed by atoms with van der Waals surface area (Å²) in [6, 6.07) is 13.7. The van der Waals surface area contributed by atoms with E-state index in [9.17, 15) is 4.79 Å². The molecule has 2 rings (SSSR count). The molecule has 0 heterocycles. The molecule has 6 heteroatoms. The molecule has 0 fully saturated rings. The molecular formula is C20H26N2O3S. The SMILES string of the molecule is CCNCc1cccc(NC(=O)CCSc2ccc(OC)c(OC)c2)c1. The van der Waals surface area contributed by atoms with Gasteiger partial charge in [0, 0.05) is 29.3 Å². The summed E-state index contributed by atoms with van der Waals surface area (Å²) in [5.41, 5.74) is 1.99. The molecule has 0 unspecified atom stereocenters. The van der Waals surface area contributed by atoms with E-state index in [1.165, 1.54) is 0 Å². The number of hydrogen-bond donors (Lipinski definition) is 2. The normalized spacial score (nSPS) is 10.4. The first kappa shape index (κ1) is 20.1. The quantitative estimate of drug-likeness (QED) is 0.617. The number of amides is 1. The first-order valence-corrected chi connectivity index (χ1v) is 9.59. The summed E-state index contributed by atoms with van der Waals surface area (Å²) in [4.78, 5) is 13.2. The van der Waals surface area contributed by atoms with Gasteiger partial charge in [0.2, 0.25) is 5.91 Å². The van der Waals surface area contributed by atoms with Crippen molar-refractivity contribution in [3.8, 4) is 11.5 Å². The Morgan fingerprint density at radius 2 is 1.88 bits per heavy atom. The van der Waals surface area contributed by atoms with E-state index in [0.717, 1.165) is 29.2 Å². The van der Waals surface area contributed by atoms with Crippen LogP contribution in [-0.4, -0.2) is 32.4 Å². The summed E-state index contributed by atoms with van der Waals surface area (Å²) >= 11 is 1.62. The van der Waals surface area contributed by atoms with Crippen molar-refractivity contribution >= 4 is 23.4 Å². The number of carbonyl (C=O) groups excluding carboxylic acids is 1. The van der Waals surface area contributed by atoms with Gasteiger partial charge in [-0.1, -0.05) is 19.1 Å². The second-order valence-electron chi connectivity index (χ2n) is 5.64. The lowest BCUT2D eigenvalue weighted by atomic mass is 10.2. The van der Waals surface area contributed by atoms with Gasteiger partial charge in [-0.3, -0.25) is 4.79 Å². The Labute approximate surface area is 159 Å². The monoisotopic (exact) mass is 374 g/mol. The van der Waals surface area contributed by atoms with Crippen LogP contribution in [0.5, 0.6) is 11.5 Å². The summed E-state index contributed by atoms with van der Waals surface area (Å²) < 4.78 is 10.5. The maximum atomic E-state index is 12.2. The molecule has 2 N–H and O–H groups in total. The molecule has 0 aromatic heterocycles. The van der Waals surface area contributed by atoms with Crippen LogP contribution in [0.4, 0.5) is 5.69 Å². The van der Waals surface area contributed by atoms with Crippen LogP contribution in [0.1, 0.15) is 18.9 Å². The van der Waals surface area contributed by atoms with Crippen molar-refractivity contribution in [3.63, 3.8) is 0 Å². The van der Waals surface area contributed by atoms with Crippen LogP contribution in [0.3, 0.4) is 0 Å². The molecule has 0 atom stereocenters. The number of methoxy groups -OCH3 is 2. The van der Waals surface area contributed by atoms with E-state index >= 15 is 0 Å². The Bertz CT molecular complexity index is 722. The predicted molar refractivity (Wildman–Crippen MR) is 107 cm³/mol. The molecule has 0 saturated carbocycles. The van der Waals surface area contributed by atoms with E-state index < -0.39 is 0 Å². The van der Waals surface area contributed by atoms with Crippen molar-refractivity contribution in [1.82, 2.24) is 5.32 Å². The van der Waals surface area contributed by atoms with E-state index in [4.69, 9.17) is 9.47 Å². The molecule has 2 aromatic carbocycles. The summed E-state index contributed by atoms with van der Waals surface area (Å²) in [6.45, 7) is 3.79. The van der Waals surface area contributed by atoms with Gasteiger partial charge in [-0.25, -0.2) is 0 Å². The lowest BCUT2D eigenvalue weighted by Gasteiger charge is -2.10.